The molecule has 3 aromatic rings. The van der Waals surface area contributed by atoms with Crippen molar-refractivity contribution in [3.05, 3.63) is 48.3 Å². The van der Waals surface area contributed by atoms with E-state index in [4.69, 9.17) is 5.10 Å². The molecule has 4 heterocycles. The molecule has 2 aromatic heterocycles. The highest BCUT2D eigenvalue weighted by Crippen LogP contribution is 2.43. The number of benzene rings is 1. The van der Waals surface area contributed by atoms with Gasteiger partial charge in [0.25, 0.3) is 0 Å². The van der Waals surface area contributed by atoms with E-state index in [-0.39, 0.29) is 11.4 Å². The number of hydrogen-bond acceptors (Lipinski definition) is 3. The van der Waals surface area contributed by atoms with Gasteiger partial charge in [0.2, 0.25) is 0 Å². The minimum Gasteiger partial charge on any atom is -0.338 e. The molecule has 1 aromatic carbocycles. The number of hydrogen-bond donors (Lipinski definition) is 1. The molecular formula is C27H33N5O. The number of nitrogens with one attached hydrogen (secondary N) is 1. The summed E-state index contributed by atoms with van der Waals surface area (Å²) >= 11 is 0. The third-order valence-corrected chi connectivity index (χ3v) is 8.19. The molecule has 1 saturated carbocycles. The Balaban J connectivity index is 1.10. The standard InChI is InChI=1S/C27H33N5O/c33-26(28-13-4-3-6-20-7-5-8-20)31-14-11-27(19-31)12-15-32-25(27)17-24(30-32)22-16-21-9-1-2-10-23(21)29-18-22/h1-2,9-10,16-18,20H,3-8,11-15,19H2,(H,28,33). The first-order chi connectivity index (χ1) is 16.2. The van der Waals surface area contributed by atoms with Gasteiger partial charge < -0.3 is 10.2 Å². The molecule has 2 aliphatic heterocycles. The molecule has 1 saturated heterocycles. The molecular weight excluding hydrogens is 410 g/mol. The molecule has 1 aliphatic carbocycles. The Morgan fingerprint density at radius 3 is 2.88 bits per heavy atom. The minimum absolute atomic E-state index is 0.0388. The molecule has 1 atom stereocenters. The van der Waals surface area contributed by atoms with E-state index in [0.29, 0.717) is 0 Å². The lowest BCUT2D eigenvalue weighted by atomic mass is 9.82. The number of pyridine rings is 1. The van der Waals surface area contributed by atoms with Crippen molar-refractivity contribution in [3.63, 3.8) is 0 Å². The summed E-state index contributed by atoms with van der Waals surface area (Å²) < 4.78 is 2.16. The molecule has 1 spiro atoms. The zero-order valence-electron chi connectivity index (χ0n) is 19.3. The predicted octanol–water partition coefficient (Wildman–Crippen LogP) is 5.13. The number of aryl methyl sites for hydroxylation is 1. The molecule has 33 heavy (non-hydrogen) atoms. The van der Waals surface area contributed by atoms with E-state index in [0.717, 1.165) is 73.5 Å². The fourth-order valence-electron chi connectivity index (χ4n) is 5.92. The lowest BCUT2D eigenvalue weighted by molar-refractivity contribution is 0.205. The Labute approximate surface area is 195 Å². The second-order valence-corrected chi connectivity index (χ2v) is 10.3. The van der Waals surface area contributed by atoms with Gasteiger partial charge in [0, 0.05) is 54.4 Å². The van der Waals surface area contributed by atoms with E-state index in [1.807, 2.05) is 29.3 Å². The topological polar surface area (TPSA) is 63.1 Å². The van der Waals surface area contributed by atoms with Crippen molar-refractivity contribution in [2.75, 3.05) is 19.6 Å². The fraction of sp³-hybridized carbons (Fsp3) is 0.519. The van der Waals surface area contributed by atoms with Crippen LogP contribution in [0.3, 0.4) is 0 Å². The van der Waals surface area contributed by atoms with Crippen LogP contribution in [0.1, 0.15) is 57.1 Å². The Kier molecular flexibility index (Phi) is 5.31. The molecule has 2 amide bonds. The summed E-state index contributed by atoms with van der Waals surface area (Å²) in [6.07, 6.45) is 11.9. The van der Waals surface area contributed by atoms with Crippen LogP contribution in [-0.2, 0) is 12.0 Å². The van der Waals surface area contributed by atoms with Crippen molar-refractivity contribution in [2.45, 2.75) is 63.3 Å². The van der Waals surface area contributed by atoms with Crippen LogP contribution >= 0.6 is 0 Å². The number of fused-ring (bicyclic) bond motifs is 3. The molecule has 1 N–H and O–H groups in total. The number of urea groups is 1. The Morgan fingerprint density at radius 2 is 2.00 bits per heavy atom. The van der Waals surface area contributed by atoms with Gasteiger partial charge in [0.1, 0.15) is 0 Å². The largest absolute Gasteiger partial charge is 0.338 e. The normalized spacial score (nSPS) is 22.1. The zero-order valence-corrected chi connectivity index (χ0v) is 19.3. The van der Waals surface area contributed by atoms with E-state index >= 15 is 0 Å². The number of nitrogens with zero attached hydrogens (tertiary/aromatic N) is 4. The second kappa shape index (κ2) is 8.47. The van der Waals surface area contributed by atoms with Crippen LogP contribution in [0.25, 0.3) is 22.2 Å². The maximum atomic E-state index is 12.8. The van der Waals surface area contributed by atoms with Gasteiger partial charge in [-0.3, -0.25) is 9.67 Å². The number of likely N-dealkylation sites (tertiary alicyclic amines) is 1. The van der Waals surface area contributed by atoms with Crippen LogP contribution in [0.5, 0.6) is 0 Å². The number of carbonyl (C=O) groups excluding carboxylic acids is 1. The highest BCUT2D eigenvalue weighted by atomic mass is 16.2. The summed E-state index contributed by atoms with van der Waals surface area (Å²) in [6, 6.07) is 12.7. The second-order valence-electron chi connectivity index (χ2n) is 10.3. The summed E-state index contributed by atoms with van der Waals surface area (Å²) in [6.45, 7) is 3.34. The number of unbranched alkanes of at least 4 members (excludes halogenated alkanes) is 1. The number of carbonyl (C=O) groups is 1. The monoisotopic (exact) mass is 443 g/mol. The lowest BCUT2D eigenvalue weighted by Gasteiger charge is -2.25. The van der Waals surface area contributed by atoms with Gasteiger partial charge in [-0.25, -0.2) is 4.79 Å². The number of para-hydroxylation sites is 1. The highest BCUT2D eigenvalue weighted by molar-refractivity contribution is 5.82. The van der Waals surface area contributed by atoms with E-state index in [1.165, 1.54) is 37.8 Å². The average Bonchev–Trinajstić information content (AvgIpc) is 3.51. The van der Waals surface area contributed by atoms with Gasteiger partial charge in [-0.05, 0) is 43.4 Å². The molecule has 0 bridgehead atoms. The van der Waals surface area contributed by atoms with Gasteiger partial charge in [-0.15, -0.1) is 0 Å². The lowest BCUT2D eigenvalue weighted by Crippen LogP contribution is -2.40. The van der Waals surface area contributed by atoms with E-state index in [9.17, 15) is 4.79 Å². The first-order valence-electron chi connectivity index (χ1n) is 12.7. The SMILES string of the molecule is O=C(NCCCCC1CCC1)N1CCC2(CCn3nc(-c4cnc5ccccc5c4)cc32)C1. The van der Waals surface area contributed by atoms with Crippen LogP contribution < -0.4 is 5.32 Å². The Morgan fingerprint density at radius 1 is 1.12 bits per heavy atom. The Hall–Kier alpha value is -2.89. The van der Waals surface area contributed by atoms with Crippen molar-refractivity contribution in [2.24, 2.45) is 5.92 Å². The maximum Gasteiger partial charge on any atom is 0.317 e. The summed E-state index contributed by atoms with van der Waals surface area (Å²) in [4.78, 5) is 19.4. The molecule has 6 nitrogen and oxygen atoms in total. The van der Waals surface area contributed by atoms with Gasteiger partial charge in [-0.1, -0.05) is 50.3 Å². The predicted molar refractivity (Wildman–Crippen MR) is 130 cm³/mol. The third-order valence-electron chi connectivity index (χ3n) is 8.19. The molecule has 2 fully saturated rings. The van der Waals surface area contributed by atoms with Crippen LogP contribution in [0, 0.1) is 5.92 Å². The number of rotatable bonds is 6. The van der Waals surface area contributed by atoms with Crippen LogP contribution in [-0.4, -0.2) is 45.3 Å². The summed E-state index contributed by atoms with van der Waals surface area (Å²) in [5.41, 5.74) is 4.36. The maximum absolute atomic E-state index is 12.8. The van der Waals surface area contributed by atoms with Gasteiger partial charge >= 0.3 is 6.03 Å². The summed E-state index contributed by atoms with van der Waals surface area (Å²) in [5.74, 6) is 0.960. The first-order valence-corrected chi connectivity index (χ1v) is 12.7. The van der Waals surface area contributed by atoms with Gasteiger partial charge in [0.05, 0.1) is 11.2 Å². The minimum atomic E-state index is 0.0388. The molecule has 0 radical (unpaired) electrons. The van der Waals surface area contributed by atoms with Gasteiger partial charge in [0.15, 0.2) is 0 Å². The fourth-order valence-corrected chi connectivity index (χ4v) is 5.92. The van der Waals surface area contributed by atoms with E-state index in [2.05, 4.69) is 33.2 Å². The Bertz CT molecular complexity index is 1170. The third kappa shape index (κ3) is 3.90. The van der Waals surface area contributed by atoms with Crippen LogP contribution in [0.4, 0.5) is 4.79 Å². The summed E-state index contributed by atoms with van der Waals surface area (Å²) in [5, 5.41) is 9.21. The van der Waals surface area contributed by atoms with E-state index < -0.39 is 0 Å². The molecule has 6 heteroatoms. The molecule has 3 aliphatic rings. The van der Waals surface area contributed by atoms with E-state index in [1.54, 1.807) is 0 Å². The smallest absolute Gasteiger partial charge is 0.317 e. The van der Waals surface area contributed by atoms with Crippen molar-refractivity contribution in [3.8, 4) is 11.3 Å². The number of aromatic nitrogens is 3. The van der Waals surface area contributed by atoms with Crippen LogP contribution in [0.2, 0.25) is 0 Å². The van der Waals surface area contributed by atoms with Crippen LogP contribution in [0.15, 0.2) is 42.6 Å². The zero-order chi connectivity index (χ0) is 22.3. The summed E-state index contributed by atoms with van der Waals surface area (Å²) in [7, 11) is 0. The van der Waals surface area contributed by atoms with Crippen molar-refractivity contribution in [1.82, 2.24) is 25.0 Å². The molecule has 6 rings (SSSR count). The van der Waals surface area contributed by atoms with Crippen molar-refractivity contribution >= 4 is 16.9 Å². The quantitative estimate of drug-likeness (QED) is 0.538. The molecule has 1 unspecified atom stereocenters. The average molecular weight is 444 g/mol. The van der Waals surface area contributed by atoms with Gasteiger partial charge in [-0.2, -0.15) is 5.10 Å². The first kappa shape index (κ1) is 20.7. The molecule has 172 valence electrons. The van der Waals surface area contributed by atoms with Crippen molar-refractivity contribution < 1.29 is 4.79 Å². The number of amides is 2. The highest BCUT2D eigenvalue weighted by Gasteiger charge is 2.46. The van der Waals surface area contributed by atoms with Crippen molar-refractivity contribution in [1.29, 1.82) is 0 Å².